The lowest BCUT2D eigenvalue weighted by molar-refractivity contribution is 0.581. The van der Waals surface area contributed by atoms with Crippen LogP contribution in [0, 0.1) is 13.8 Å². The molecule has 5 rings (SSSR count). The van der Waals surface area contributed by atoms with E-state index in [-0.39, 0.29) is 0 Å². The van der Waals surface area contributed by atoms with Crippen molar-refractivity contribution in [3.63, 3.8) is 0 Å². The second kappa shape index (κ2) is 8.49. The Kier molecular flexibility index (Phi) is 5.40. The second-order valence-electron chi connectivity index (χ2n) is 7.06. The summed E-state index contributed by atoms with van der Waals surface area (Å²) in [5.74, 6) is 2.28. The van der Waals surface area contributed by atoms with Crippen molar-refractivity contribution in [2.24, 2.45) is 0 Å². The van der Waals surface area contributed by atoms with Crippen LogP contribution in [-0.2, 0) is 5.75 Å². The highest BCUT2D eigenvalue weighted by molar-refractivity contribution is 7.98. The molecule has 0 aliphatic heterocycles. The standard InChI is InChI=1S/C23H19N5OS2/c1-15-5-6-19(12-16(15)2)28-21(17-7-9-24-10-8-17)26-27-23(28)31-14-18-13-30-22(25-18)20-4-3-11-29-20/h3-13H,14H2,1-2H3. The number of furan rings is 1. The Balaban J connectivity index is 1.48. The Bertz CT molecular complexity index is 1310. The highest BCUT2D eigenvalue weighted by atomic mass is 32.2. The summed E-state index contributed by atoms with van der Waals surface area (Å²) < 4.78 is 7.56. The van der Waals surface area contributed by atoms with E-state index in [0.717, 1.165) is 38.7 Å². The van der Waals surface area contributed by atoms with Gasteiger partial charge in [-0.2, -0.15) is 0 Å². The van der Waals surface area contributed by atoms with Crippen LogP contribution in [0.4, 0.5) is 0 Å². The average Bonchev–Trinajstić information content (AvgIpc) is 3.55. The van der Waals surface area contributed by atoms with Gasteiger partial charge in [0.05, 0.1) is 17.6 Å². The van der Waals surface area contributed by atoms with Gasteiger partial charge in [0, 0.05) is 29.1 Å². The van der Waals surface area contributed by atoms with Gasteiger partial charge < -0.3 is 4.42 Å². The Hall–Kier alpha value is -3.23. The lowest BCUT2D eigenvalue weighted by atomic mass is 10.1. The topological polar surface area (TPSA) is 69.6 Å². The van der Waals surface area contributed by atoms with Gasteiger partial charge in [0.15, 0.2) is 21.7 Å². The van der Waals surface area contributed by atoms with Crippen molar-refractivity contribution in [2.75, 3.05) is 0 Å². The van der Waals surface area contributed by atoms with Crippen LogP contribution >= 0.6 is 23.1 Å². The Morgan fingerprint density at radius 3 is 2.68 bits per heavy atom. The molecule has 5 aromatic rings. The van der Waals surface area contributed by atoms with Crippen molar-refractivity contribution in [1.29, 1.82) is 0 Å². The molecule has 0 unspecified atom stereocenters. The third-order valence-electron chi connectivity index (χ3n) is 4.95. The number of pyridine rings is 1. The molecule has 0 aliphatic rings. The van der Waals surface area contributed by atoms with E-state index in [9.17, 15) is 0 Å². The Morgan fingerprint density at radius 1 is 1.03 bits per heavy atom. The van der Waals surface area contributed by atoms with Gasteiger partial charge in [-0.1, -0.05) is 17.8 Å². The third kappa shape index (κ3) is 4.04. The molecule has 0 amide bonds. The van der Waals surface area contributed by atoms with Crippen LogP contribution in [0.3, 0.4) is 0 Å². The van der Waals surface area contributed by atoms with Crippen LogP contribution in [0.25, 0.3) is 27.8 Å². The van der Waals surface area contributed by atoms with Crippen LogP contribution in [0.15, 0.2) is 76.1 Å². The largest absolute Gasteiger partial charge is 0.462 e. The number of rotatable bonds is 6. The maximum atomic E-state index is 5.46. The van der Waals surface area contributed by atoms with Crippen LogP contribution in [0.2, 0.25) is 0 Å². The second-order valence-corrected chi connectivity index (χ2v) is 8.86. The molecule has 0 saturated carbocycles. The van der Waals surface area contributed by atoms with Gasteiger partial charge in [-0.15, -0.1) is 21.5 Å². The molecule has 6 nitrogen and oxygen atoms in total. The van der Waals surface area contributed by atoms with E-state index < -0.39 is 0 Å². The smallest absolute Gasteiger partial charge is 0.196 e. The van der Waals surface area contributed by atoms with Gasteiger partial charge in [0.25, 0.3) is 0 Å². The van der Waals surface area contributed by atoms with Crippen LogP contribution < -0.4 is 0 Å². The average molecular weight is 446 g/mol. The van der Waals surface area contributed by atoms with E-state index in [2.05, 4.69) is 57.2 Å². The SMILES string of the molecule is Cc1ccc(-n2c(SCc3csc(-c4ccco4)n3)nnc2-c2ccncc2)cc1C. The van der Waals surface area contributed by atoms with Crippen LogP contribution in [0.1, 0.15) is 16.8 Å². The van der Waals surface area contributed by atoms with Crippen molar-refractivity contribution >= 4 is 23.1 Å². The van der Waals surface area contributed by atoms with Gasteiger partial charge >= 0.3 is 0 Å². The lowest BCUT2D eigenvalue weighted by Crippen LogP contribution is -2.01. The molecule has 0 radical (unpaired) electrons. The van der Waals surface area contributed by atoms with Gasteiger partial charge in [0.1, 0.15) is 0 Å². The van der Waals surface area contributed by atoms with Gasteiger partial charge in [-0.05, 0) is 61.4 Å². The summed E-state index contributed by atoms with van der Waals surface area (Å²) in [6, 6.07) is 14.1. The molecule has 0 spiro atoms. The zero-order valence-electron chi connectivity index (χ0n) is 17.0. The normalized spacial score (nSPS) is 11.2. The lowest BCUT2D eigenvalue weighted by Gasteiger charge is -2.12. The molecule has 0 N–H and O–H groups in total. The molecule has 0 fully saturated rings. The number of hydrogen-bond donors (Lipinski definition) is 0. The maximum absolute atomic E-state index is 5.46. The number of thiazole rings is 1. The summed E-state index contributed by atoms with van der Waals surface area (Å²) in [4.78, 5) is 8.83. The molecule has 154 valence electrons. The quantitative estimate of drug-likeness (QED) is 0.301. The highest BCUT2D eigenvalue weighted by Gasteiger charge is 2.17. The fourth-order valence-corrected chi connectivity index (χ4v) is 4.91. The molecular weight excluding hydrogens is 426 g/mol. The molecule has 0 aliphatic carbocycles. The molecule has 31 heavy (non-hydrogen) atoms. The fourth-order valence-electron chi connectivity index (χ4n) is 3.17. The van der Waals surface area contributed by atoms with E-state index in [1.54, 1.807) is 41.8 Å². The molecule has 4 heterocycles. The van der Waals surface area contributed by atoms with Crippen molar-refractivity contribution in [3.8, 4) is 27.8 Å². The fraction of sp³-hybridized carbons (Fsp3) is 0.130. The molecule has 0 saturated heterocycles. The minimum absolute atomic E-state index is 0.691. The maximum Gasteiger partial charge on any atom is 0.196 e. The first-order valence-corrected chi connectivity index (χ1v) is 11.6. The summed E-state index contributed by atoms with van der Waals surface area (Å²) in [6.07, 6.45) is 5.21. The van der Waals surface area contributed by atoms with Gasteiger partial charge in [0.2, 0.25) is 0 Å². The van der Waals surface area contributed by atoms with Crippen LogP contribution in [-0.4, -0.2) is 24.7 Å². The minimum atomic E-state index is 0.691. The summed E-state index contributed by atoms with van der Waals surface area (Å²) >= 11 is 3.20. The van der Waals surface area contributed by atoms with Crippen LogP contribution in [0.5, 0.6) is 0 Å². The number of nitrogens with zero attached hydrogens (tertiary/aromatic N) is 5. The summed E-state index contributed by atoms with van der Waals surface area (Å²) in [7, 11) is 0. The Morgan fingerprint density at radius 2 is 1.90 bits per heavy atom. The van der Waals surface area contributed by atoms with E-state index in [4.69, 9.17) is 9.40 Å². The van der Waals surface area contributed by atoms with Crippen molar-refractivity contribution in [1.82, 2.24) is 24.7 Å². The van der Waals surface area contributed by atoms with E-state index in [1.807, 2.05) is 24.3 Å². The highest BCUT2D eigenvalue weighted by Crippen LogP contribution is 2.32. The van der Waals surface area contributed by atoms with Gasteiger partial charge in [-0.3, -0.25) is 9.55 Å². The summed E-state index contributed by atoms with van der Waals surface area (Å²) in [6.45, 7) is 4.23. The predicted molar refractivity (Wildman–Crippen MR) is 123 cm³/mol. The zero-order chi connectivity index (χ0) is 21.2. The third-order valence-corrected chi connectivity index (χ3v) is 6.82. The predicted octanol–water partition coefficient (Wildman–Crippen LogP) is 5.95. The first kappa shape index (κ1) is 19.7. The Labute approximate surface area is 188 Å². The number of aromatic nitrogens is 5. The molecule has 0 atom stereocenters. The van der Waals surface area contributed by atoms with E-state index >= 15 is 0 Å². The molecule has 8 heteroatoms. The number of thioether (sulfide) groups is 1. The zero-order valence-corrected chi connectivity index (χ0v) is 18.7. The molecule has 1 aromatic carbocycles. The molecule has 0 bridgehead atoms. The first-order valence-electron chi connectivity index (χ1n) is 9.73. The monoisotopic (exact) mass is 445 g/mol. The summed E-state index contributed by atoms with van der Waals surface area (Å²) in [5.41, 5.74) is 5.48. The van der Waals surface area contributed by atoms with Crippen molar-refractivity contribution in [3.05, 3.63) is 83.3 Å². The first-order chi connectivity index (χ1) is 15.2. The van der Waals surface area contributed by atoms with E-state index in [0.29, 0.717) is 5.75 Å². The molecular formula is C23H19N5OS2. The molecule has 4 aromatic heterocycles. The van der Waals surface area contributed by atoms with Crippen molar-refractivity contribution in [2.45, 2.75) is 24.8 Å². The number of hydrogen-bond acceptors (Lipinski definition) is 7. The van der Waals surface area contributed by atoms with Gasteiger partial charge in [-0.25, -0.2) is 4.98 Å². The minimum Gasteiger partial charge on any atom is -0.462 e. The van der Waals surface area contributed by atoms with E-state index in [1.165, 1.54) is 11.1 Å². The number of aryl methyl sites for hydroxylation is 2. The van der Waals surface area contributed by atoms with Crippen molar-refractivity contribution < 1.29 is 4.42 Å². The summed E-state index contributed by atoms with van der Waals surface area (Å²) in [5, 5.41) is 12.8. The number of benzene rings is 1.